The van der Waals surface area contributed by atoms with Crippen LogP contribution in [0.3, 0.4) is 0 Å². The fourth-order valence-electron chi connectivity index (χ4n) is 4.92. The number of halogens is 4. The van der Waals surface area contributed by atoms with Crippen LogP contribution in [0.15, 0.2) is 48.5 Å². The highest BCUT2D eigenvalue weighted by Gasteiger charge is 2.37. The first-order valence-electron chi connectivity index (χ1n) is 10.7. The standard InChI is InChI=1S/C24H28ClF3N2/c25-22-9-7-18(8-10-22)14-30-16-20(15-29-11-2-1-3-12-29)23(17-30)19-5-4-6-21(13-19)24(26,27)28/h4-10,13,20,23H,1-3,11-12,14-17H2/t20-,23-/m1/s1. The van der Waals surface area contributed by atoms with Gasteiger partial charge in [0.2, 0.25) is 0 Å². The van der Waals surface area contributed by atoms with E-state index < -0.39 is 11.7 Å². The molecule has 2 nitrogen and oxygen atoms in total. The van der Waals surface area contributed by atoms with Crippen LogP contribution in [0.4, 0.5) is 13.2 Å². The predicted molar refractivity (Wildman–Crippen MR) is 115 cm³/mol. The highest BCUT2D eigenvalue weighted by Crippen LogP contribution is 2.37. The Labute approximate surface area is 181 Å². The van der Waals surface area contributed by atoms with Crippen molar-refractivity contribution >= 4 is 11.6 Å². The number of likely N-dealkylation sites (tertiary alicyclic amines) is 2. The number of alkyl halides is 3. The smallest absolute Gasteiger partial charge is 0.303 e. The zero-order valence-corrected chi connectivity index (χ0v) is 17.8. The number of nitrogens with zero attached hydrogens (tertiary/aromatic N) is 2. The van der Waals surface area contributed by atoms with Gasteiger partial charge in [-0.05, 0) is 61.2 Å². The average molecular weight is 437 g/mol. The van der Waals surface area contributed by atoms with Gasteiger partial charge in [0.05, 0.1) is 5.56 Å². The van der Waals surface area contributed by atoms with Gasteiger partial charge in [0, 0.05) is 37.1 Å². The van der Waals surface area contributed by atoms with Crippen LogP contribution in [0.5, 0.6) is 0 Å². The third kappa shape index (κ3) is 5.37. The minimum Gasteiger partial charge on any atom is -0.303 e. The summed E-state index contributed by atoms with van der Waals surface area (Å²) in [6.45, 7) is 5.63. The van der Waals surface area contributed by atoms with Crippen molar-refractivity contribution in [2.45, 2.75) is 37.9 Å². The Morgan fingerprint density at radius 2 is 1.63 bits per heavy atom. The second kappa shape index (κ2) is 9.29. The van der Waals surface area contributed by atoms with Gasteiger partial charge >= 0.3 is 6.18 Å². The summed E-state index contributed by atoms with van der Waals surface area (Å²) in [5, 5.41) is 0.713. The van der Waals surface area contributed by atoms with Crippen LogP contribution in [0.25, 0.3) is 0 Å². The van der Waals surface area contributed by atoms with E-state index in [4.69, 9.17) is 11.6 Å². The summed E-state index contributed by atoms with van der Waals surface area (Å²) < 4.78 is 39.9. The Morgan fingerprint density at radius 3 is 2.33 bits per heavy atom. The van der Waals surface area contributed by atoms with Gasteiger partial charge in [-0.15, -0.1) is 0 Å². The zero-order valence-electron chi connectivity index (χ0n) is 17.0. The van der Waals surface area contributed by atoms with Crippen molar-refractivity contribution in [2.75, 3.05) is 32.7 Å². The number of rotatable bonds is 5. The fraction of sp³-hybridized carbons (Fsp3) is 0.500. The largest absolute Gasteiger partial charge is 0.416 e. The third-order valence-electron chi connectivity index (χ3n) is 6.42. The van der Waals surface area contributed by atoms with Gasteiger partial charge in [0.1, 0.15) is 0 Å². The van der Waals surface area contributed by atoms with E-state index in [1.54, 1.807) is 6.07 Å². The molecule has 2 heterocycles. The molecule has 30 heavy (non-hydrogen) atoms. The van der Waals surface area contributed by atoms with Crippen molar-refractivity contribution in [1.29, 1.82) is 0 Å². The molecule has 4 rings (SSSR count). The zero-order chi connectivity index (χ0) is 21.1. The maximum atomic E-state index is 13.3. The lowest BCUT2D eigenvalue weighted by molar-refractivity contribution is -0.137. The molecular weight excluding hydrogens is 409 g/mol. The van der Waals surface area contributed by atoms with Gasteiger partial charge < -0.3 is 4.90 Å². The molecule has 0 aromatic heterocycles. The SMILES string of the molecule is FC(F)(F)c1cccc([C@H]2CN(Cc3ccc(Cl)cc3)C[C@H]2CN2CCCCC2)c1. The molecule has 0 unspecified atom stereocenters. The third-order valence-corrected chi connectivity index (χ3v) is 6.67. The molecule has 2 aromatic carbocycles. The molecule has 0 bridgehead atoms. The highest BCUT2D eigenvalue weighted by atomic mass is 35.5. The average Bonchev–Trinajstić information content (AvgIpc) is 3.12. The number of benzene rings is 2. The minimum atomic E-state index is -4.31. The molecule has 2 aliphatic heterocycles. The predicted octanol–water partition coefficient (Wildman–Crippen LogP) is 6.06. The van der Waals surface area contributed by atoms with Crippen LogP contribution >= 0.6 is 11.6 Å². The molecule has 0 amide bonds. The summed E-state index contributed by atoms with van der Waals surface area (Å²) in [4.78, 5) is 4.88. The van der Waals surface area contributed by atoms with Gasteiger partial charge in [0.15, 0.2) is 0 Å². The maximum absolute atomic E-state index is 13.3. The van der Waals surface area contributed by atoms with Crippen LogP contribution in [0, 0.1) is 5.92 Å². The van der Waals surface area contributed by atoms with Crippen LogP contribution < -0.4 is 0 Å². The van der Waals surface area contributed by atoms with Crippen LogP contribution in [0.1, 0.15) is 41.9 Å². The Bertz CT molecular complexity index is 831. The van der Waals surface area contributed by atoms with Crippen molar-refractivity contribution in [2.24, 2.45) is 5.92 Å². The lowest BCUT2D eigenvalue weighted by Crippen LogP contribution is -2.36. The van der Waals surface area contributed by atoms with Crippen LogP contribution in [0.2, 0.25) is 5.02 Å². The topological polar surface area (TPSA) is 6.48 Å². The van der Waals surface area contributed by atoms with E-state index in [2.05, 4.69) is 9.80 Å². The summed E-state index contributed by atoms with van der Waals surface area (Å²) in [7, 11) is 0. The summed E-state index contributed by atoms with van der Waals surface area (Å²) in [5.74, 6) is 0.445. The Morgan fingerprint density at radius 1 is 0.900 bits per heavy atom. The second-order valence-electron chi connectivity index (χ2n) is 8.67. The summed E-state index contributed by atoms with van der Waals surface area (Å²) in [6.07, 6.45) is -0.592. The maximum Gasteiger partial charge on any atom is 0.416 e. The van der Waals surface area contributed by atoms with Crippen molar-refractivity contribution < 1.29 is 13.2 Å². The molecule has 0 aliphatic carbocycles. The normalized spacial score (nSPS) is 23.7. The summed E-state index contributed by atoms with van der Waals surface area (Å²) in [5.41, 5.74) is 1.44. The van der Waals surface area contributed by atoms with E-state index in [1.807, 2.05) is 30.3 Å². The number of hydrogen-bond acceptors (Lipinski definition) is 2. The van der Waals surface area contributed by atoms with Crippen molar-refractivity contribution in [3.8, 4) is 0 Å². The second-order valence-corrected chi connectivity index (χ2v) is 9.11. The molecule has 6 heteroatoms. The van der Waals surface area contributed by atoms with E-state index in [-0.39, 0.29) is 5.92 Å². The summed E-state index contributed by atoms with van der Waals surface area (Å²) >= 11 is 6.00. The molecule has 162 valence electrons. The molecule has 2 fully saturated rings. The first kappa shape index (κ1) is 21.7. The van der Waals surface area contributed by atoms with Crippen molar-refractivity contribution in [3.63, 3.8) is 0 Å². The van der Waals surface area contributed by atoms with E-state index in [0.29, 0.717) is 10.9 Å². The van der Waals surface area contributed by atoms with E-state index in [0.717, 1.165) is 44.8 Å². The Hall–Kier alpha value is -1.56. The van der Waals surface area contributed by atoms with Gasteiger partial charge in [-0.2, -0.15) is 13.2 Å². The molecule has 0 N–H and O–H groups in total. The molecule has 2 aliphatic rings. The van der Waals surface area contributed by atoms with Crippen LogP contribution in [-0.2, 0) is 12.7 Å². The number of piperidine rings is 1. The highest BCUT2D eigenvalue weighted by molar-refractivity contribution is 6.30. The molecule has 2 saturated heterocycles. The lowest BCUT2D eigenvalue weighted by Gasteiger charge is -2.31. The molecule has 0 spiro atoms. The van der Waals surface area contributed by atoms with E-state index in [9.17, 15) is 13.2 Å². The first-order chi connectivity index (χ1) is 14.4. The quantitative estimate of drug-likeness (QED) is 0.562. The van der Waals surface area contributed by atoms with Crippen molar-refractivity contribution in [3.05, 3.63) is 70.2 Å². The fourth-order valence-corrected chi connectivity index (χ4v) is 5.05. The van der Waals surface area contributed by atoms with Gasteiger partial charge in [0.25, 0.3) is 0 Å². The summed E-state index contributed by atoms with van der Waals surface area (Å²) in [6, 6.07) is 13.8. The van der Waals surface area contributed by atoms with Crippen LogP contribution in [-0.4, -0.2) is 42.5 Å². The minimum absolute atomic E-state index is 0.113. The molecule has 2 aromatic rings. The van der Waals surface area contributed by atoms with Gasteiger partial charge in [-0.3, -0.25) is 4.90 Å². The van der Waals surface area contributed by atoms with E-state index >= 15 is 0 Å². The van der Waals surface area contributed by atoms with Gasteiger partial charge in [-0.25, -0.2) is 0 Å². The number of hydrogen-bond donors (Lipinski definition) is 0. The van der Waals surface area contributed by atoms with E-state index in [1.165, 1.54) is 37.0 Å². The molecular formula is C24H28ClF3N2. The van der Waals surface area contributed by atoms with Gasteiger partial charge in [-0.1, -0.05) is 48.4 Å². The molecule has 0 radical (unpaired) electrons. The lowest BCUT2D eigenvalue weighted by atomic mass is 9.87. The molecule has 0 saturated carbocycles. The monoisotopic (exact) mass is 436 g/mol. The first-order valence-corrected chi connectivity index (χ1v) is 11.1. The van der Waals surface area contributed by atoms with Crippen molar-refractivity contribution in [1.82, 2.24) is 9.80 Å². The Balaban J connectivity index is 1.54. The Kier molecular flexibility index (Phi) is 6.71. The molecule has 2 atom stereocenters.